The Hall–Kier alpha value is -1.26. The SMILES string of the molecule is COc1cc(C(C)(C)C)cc(OC)c1CNCCO. The Balaban J connectivity index is 3.14. The minimum absolute atomic E-state index is 0.0393. The number of benzene rings is 1. The maximum atomic E-state index is 8.82. The van der Waals surface area contributed by atoms with Gasteiger partial charge in [-0.1, -0.05) is 20.8 Å². The van der Waals surface area contributed by atoms with Gasteiger partial charge in [-0.3, -0.25) is 0 Å². The number of methoxy groups -OCH3 is 2. The largest absolute Gasteiger partial charge is 0.496 e. The van der Waals surface area contributed by atoms with Gasteiger partial charge in [-0.25, -0.2) is 0 Å². The fraction of sp³-hybridized carbons (Fsp3) is 0.600. The first-order chi connectivity index (χ1) is 8.93. The van der Waals surface area contributed by atoms with Crippen LogP contribution in [-0.2, 0) is 12.0 Å². The van der Waals surface area contributed by atoms with Crippen LogP contribution in [0.5, 0.6) is 11.5 Å². The van der Waals surface area contributed by atoms with E-state index in [9.17, 15) is 0 Å². The fourth-order valence-corrected chi connectivity index (χ4v) is 1.88. The summed E-state index contributed by atoms with van der Waals surface area (Å²) in [5.41, 5.74) is 2.19. The zero-order valence-electron chi connectivity index (χ0n) is 12.5. The van der Waals surface area contributed by atoms with Crippen LogP contribution in [0.25, 0.3) is 0 Å². The van der Waals surface area contributed by atoms with E-state index in [1.54, 1.807) is 14.2 Å². The van der Waals surface area contributed by atoms with Crippen LogP contribution >= 0.6 is 0 Å². The first-order valence-corrected chi connectivity index (χ1v) is 6.51. The highest BCUT2D eigenvalue weighted by atomic mass is 16.5. The van der Waals surface area contributed by atoms with Crippen molar-refractivity contribution in [2.24, 2.45) is 0 Å². The molecule has 4 nitrogen and oxygen atoms in total. The molecular weight excluding hydrogens is 242 g/mol. The van der Waals surface area contributed by atoms with Crippen LogP contribution < -0.4 is 14.8 Å². The average Bonchev–Trinajstić information content (AvgIpc) is 2.37. The van der Waals surface area contributed by atoms with Crippen LogP contribution in [0, 0.1) is 0 Å². The van der Waals surface area contributed by atoms with E-state index >= 15 is 0 Å². The summed E-state index contributed by atoms with van der Waals surface area (Å²) in [5.74, 6) is 1.63. The predicted molar refractivity (Wildman–Crippen MR) is 77.0 cm³/mol. The van der Waals surface area contributed by atoms with Gasteiger partial charge in [0.25, 0.3) is 0 Å². The van der Waals surface area contributed by atoms with Gasteiger partial charge < -0.3 is 19.9 Å². The Morgan fingerprint density at radius 2 is 1.63 bits per heavy atom. The van der Waals surface area contributed by atoms with Gasteiger partial charge in [-0.15, -0.1) is 0 Å². The Bertz CT molecular complexity index is 385. The van der Waals surface area contributed by atoms with Gasteiger partial charge in [0.15, 0.2) is 0 Å². The molecule has 0 spiro atoms. The highest BCUT2D eigenvalue weighted by Gasteiger charge is 2.19. The summed E-state index contributed by atoms with van der Waals surface area (Å²) < 4.78 is 10.9. The molecule has 0 atom stereocenters. The Morgan fingerprint density at radius 1 is 1.11 bits per heavy atom. The minimum atomic E-state index is 0.0393. The summed E-state index contributed by atoms with van der Waals surface area (Å²) in [6, 6.07) is 4.11. The molecule has 0 unspecified atom stereocenters. The van der Waals surface area contributed by atoms with Crippen molar-refractivity contribution >= 4 is 0 Å². The van der Waals surface area contributed by atoms with E-state index in [2.05, 4.69) is 38.2 Å². The van der Waals surface area contributed by atoms with Crippen molar-refractivity contribution in [2.45, 2.75) is 32.7 Å². The number of aliphatic hydroxyl groups excluding tert-OH is 1. The van der Waals surface area contributed by atoms with E-state index in [-0.39, 0.29) is 12.0 Å². The zero-order valence-corrected chi connectivity index (χ0v) is 12.5. The van der Waals surface area contributed by atoms with E-state index < -0.39 is 0 Å². The Kier molecular flexibility index (Phi) is 5.63. The topological polar surface area (TPSA) is 50.7 Å². The van der Waals surface area contributed by atoms with Crippen molar-refractivity contribution in [2.75, 3.05) is 27.4 Å². The second kappa shape index (κ2) is 6.78. The molecule has 108 valence electrons. The fourth-order valence-electron chi connectivity index (χ4n) is 1.88. The van der Waals surface area contributed by atoms with E-state index in [1.165, 1.54) is 5.56 Å². The molecule has 0 aliphatic rings. The number of ether oxygens (including phenoxy) is 2. The minimum Gasteiger partial charge on any atom is -0.496 e. The zero-order chi connectivity index (χ0) is 14.5. The van der Waals surface area contributed by atoms with Gasteiger partial charge in [-0.2, -0.15) is 0 Å². The van der Waals surface area contributed by atoms with E-state index in [4.69, 9.17) is 14.6 Å². The van der Waals surface area contributed by atoms with Crippen molar-refractivity contribution < 1.29 is 14.6 Å². The second-order valence-electron chi connectivity index (χ2n) is 5.51. The predicted octanol–water partition coefficient (Wildman–Crippen LogP) is 2.08. The quantitative estimate of drug-likeness (QED) is 0.775. The Labute approximate surface area is 115 Å². The molecule has 0 heterocycles. The van der Waals surface area contributed by atoms with Gasteiger partial charge in [0.2, 0.25) is 0 Å². The second-order valence-corrected chi connectivity index (χ2v) is 5.51. The molecular formula is C15H25NO3. The average molecular weight is 267 g/mol. The molecule has 1 aromatic rings. The molecule has 1 rings (SSSR count). The Morgan fingerprint density at radius 3 is 2.00 bits per heavy atom. The lowest BCUT2D eigenvalue weighted by atomic mass is 9.86. The lowest BCUT2D eigenvalue weighted by Crippen LogP contribution is -2.19. The van der Waals surface area contributed by atoms with Gasteiger partial charge in [0, 0.05) is 18.7 Å². The standard InChI is InChI=1S/C15H25NO3/c1-15(2,3)11-8-13(18-4)12(10-16-6-7-17)14(9-11)19-5/h8-9,16-17H,6-7,10H2,1-5H3. The maximum absolute atomic E-state index is 8.82. The van der Waals surface area contributed by atoms with E-state index in [0.717, 1.165) is 17.1 Å². The van der Waals surface area contributed by atoms with Crippen molar-refractivity contribution in [3.8, 4) is 11.5 Å². The first kappa shape index (κ1) is 15.8. The summed E-state index contributed by atoms with van der Waals surface area (Å²) >= 11 is 0. The third kappa shape index (κ3) is 4.11. The summed E-state index contributed by atoms with van der Waals surface area (Å²) in [6.45, 7) is 7.75. The first-order valence-electron chi connectivity index (χ1n) is 6.51. The highest BCUT2D eigenvalue weighted by molar-refractivity contribution is 5.49. The smallest absolute Gasteiger partial charge is 0.127 e. The number of hydrogen-bond donors (Lipinski definition) is 2. The molecule has 1 aromatic carbocycles. The lowest BCUT2D eigenvalue weighted by Gasteiger charge is -2.23. The van der Waals surface area contributed by atoms with Crippen LogP contribution in [-0.4, -0.2) is 32.5 Å². The number of rotatable bonds is 6. The third-order valence-corrected chi connectivity index (χ3v) is 3.06. The highest BCUT2D eigenvalue weighted by Crippen LogP contribution is 2.35. The molecule has 0 radical (unpaired) electrons. The van der Waals surface area contributed by atoms with Crippen LogP contribution in [0.15, 0.2) is 12.1 Å². The van der Waals surface area contributed by atoms with Crippen molar-refractivity contribution in [3.63, 3.8) is 0 Å². The molecule has 0 amide bonds. The molecule has 0 aliphatic carbocycles. The van der Waals surface area contributed by atoms with Gasteiger partial charge in [0.05, 0.1) is 20.8 Å². The summed E-state index contributed by atoms with van der Waals surface area (Å²) in [7, 11) is 3.33. The van der Waals surface area contributed by atoms with Crippen molar-refractivity contribution in [1.82, 2.24) is 5.32 Å². The molecule has 19 heavy (non-hydrogen) atoms. The summed E-state index contributed by atoms with van der Waals surface area (Å²) in [6.07, 6.45) is 0. The van der Waals surface area contributed by atoms with Crippen molar-refractivity contribution in [3.05, 3.63) is 23.3 Å². The van der Waals surface area contributed by atoms with E-state index in [0.29, 0.717) is 13.1 Å². The van der Waals surface area contributed by atoms with E-state index in [1.807, 2.05) is 0 Å². The molecule has 0 saturated heterocycles. The maximum Gasteiger partial charge on any atom is 0.127 e. The molecule has 0 saturated carbocycles. The summed E-state index contributed by atoms with van der Waals surface area (Å²) in [5, 5.41) is 12.0. The van der Waals surface area contributed by atoms with Crippen LogP contribution in [0.3, 0.4) is 0 Å². The molecule has 4 heteroatoms. The molecule has 0 fully saturated rings. The van der Waals surface area contributed by atoms with Crippen molar-refractivity contribution in [1.29, 1.82) is 0 Å². The van der Waals surface area contributed by atoms with Crippen LogP contribution in [0.4, 0.5) is 0 Å². The number of hydrogen-bond acceptors (Lipinski definition) is 4. The molecule has 0 aromatic heterocycles. The van der Waals surface area contributed by atoms with Gasteiger partial charge in [0.1, 0.15) is 11.5 Å². The van der Waals surface area contributed by atoms with Gasteiger partial charge >= 0.3 is 0 Å². The molecule has 0 bridgehead atoms. The normalized spacial score (nSPS) is 11.5. The molecule has 2 N–H and O–H groups in total. The summed E-state index contributed by atoms with van der Waals surface area (Å²) in [4.78, 5) is 0. The number of aliphatic hydroxyl groups is 1. The molecule has 0 aliphatic heterocycles. The monoisotopic (exact) mass is 267 g/mol. The van der Waals surface area contributed by atoms with Gasteiger partial charge in [-0.05, 0) is 23.1 Å². The third-order valence-electron chi connectivity index (χ3n) is 3.06. The van der Waals surface area contributed by atoms with Crippen LogP contribution in [0.2, 0.25) is 0 Å². The van der Waals surface area contributed by atoms with Crippen LogP contribution in [0.1, 0.15) is 31.9 Å². The lowest BCUT2D eigenvalue weighted by molar-refractivity contribution is 0.290. The number of nitrogens with one attached hydrogen (secondary N) is 1.